The Morgan fingerprint density at radius 3 is 2.75 bits per heavy atom. The van der Waals surface area contributed by atoms with Crippen molar-refractivity contribution in [2.75, 3.05) is 38.7 Å². The number of nitrogens with one attached hydrogen (secondary N) is 2. The van der Waals surface area contributed by atoms with Crippen molar-refractivity contribution in [3.8, 4) is 5.75 Å². The van der Waals surface area contributed by atoms with E-state index >= 15 is 0 Å². The highest BCUT2D eigenvalue weighted by atomic mass is 16.5. The monoisotopic (exact) mass is 384 g/mol. The van der Waals surface area contributed by atoms with Crippen molar-refractivity contribution in [3.05, 3.63) is 54.4 Å². The van der Waals surface area contributed by atoms with E-state index in [4.69, 9.17) is 9.47 Å². The largest absolute Gasteiger partial charge is 0.493 e. The van der Waals surface area contributed by atoms with Crippen molar-refractivity contribution in [1.82, 2.24) is 15.2 Å². The number of amides is 2. The summed E-state index contributed by atoms with van der Waals surface area (Å²) in [7, 11) is 2.03. The highest BCUT2D eigenvalue weighted by molar-refractivity contribution is 5.89. The standard InChI is InChI=1S/C21H28N4O3/c1-3-27-20-15-25(2)14-19(20)24-21(26)23-17-7-9-18(10-8-17)28-13-11-16-6-4-5-12-22-16/h4-10,12,19-20H,3,11,13-15H2,1-2H3,(H2,23,24,26)/t19-,20-/m1/s1. The van der Waals surface area contributed by atoms with Gasteiger partial charge >= 0.3 is 6.03 Å². The van der Waals surface area contributed by atoms with Gasteiger partial charge < -0.3 is 25.0 Å². The molecule has 2 aromatic rings. The first kappa shape index (κ1) is 20.1. The minimum Gasteiger partial charge on any atom is -0.493 e. The zero-order valence-electron chi connectivity index (χ0n) is 16.4. The predicted molar refractivity (Wildman–Crippen MR) is 109 cm³/mol. The van der Waals surface area contributed by atoms with Crippen LogP contribution in [-0.4, -0.2) is 61.4 Å². The number of likely N-dealkylation sites (N-methyl/N-ethyl adjacent to an activating group) is 1. The third-order valence-corrected chi connectivity index (χ3v) is 4.61. The summed E-state index contributed by atoms with van der Waals surface area (Å²) in [5.41, 5.74) is 1.72. The summed E-state index contributed by atoms with van der Waals surface area (Å²) in [4.78, 5) is 18.7. The molecule has 7 nitrogen and oxygen atoms in total. The molecule has 28 heavy (non-hydrogen) atoms. The van der Waals surface area contributed by atoms with E-state index in [2.05, 4.69) is 20.5 Å². The minimum absolute atomic E-state index is 0.0147. The van der Waals surface area contributed by atoms with E-state index < -0.39 is 0 Å². The Labute approximate surface area is 166 Å². The maximum atomic E-state index is 12.3. The van der Waals surface area contributed by atoms with Crippen molar-refractivity contribution < 1.29 is 14.3 Å². The lowest BCUT2D eigenvalue weighted by molar-refractivity contribution is 0.0568. The van der Waals surface area contributed by atoms with Gasteiger partial charge in [0.1, 0.15) is 5.75 Å². The first-order chi connectivity index (χ1) is 13.6. The van der Waals surface area contributed by atoms with Crippen LogP contribution >= 0.6 is 0 Å². The highest BCUT2D eigenvalue weighted by Gasteiger charge is 2.32. The molecule has 2 N–H and O–H groups in total. The lowest BCUT2D eigenvalue weighted by Crippen LogP contribution is -2.45. The number of pyridine rings is 1. The molecule has 2 heterocycles. The van der Waals surface area contributed by atoms with Gasteiger partial charge in [-0.3, -0.25) is 4.98 Å². The summed E-state index contributed by atoms with van der Waals surface area (Å²) in [5, 5.41) is 5.87. The first-order valence-electron chi connectivity index (χ1n) is 9.64. The highest BCUT2D eigenvalue weighted by Crippen LogP contribution is 2.17. The van der Waals surface area contributed by atoms with Gasteiger partial charge in [0, 0.05) is 43.7 Å². The van der Waals surface area contributed by atoms with Crippen molar-refractivity contribution in [2.45, 2.75) is 25.5 Å². The van der Waals surface area contributed by atoms with E-state index in [0.717, 1.165) is 31.0 Å². The fourth-order valence-corrected chi connectivity index (χ4v) is 3.27. The lowest BCUT2D eigenvalue weighted by Gasteiger charge is -2.20. The van der Waals surface area contributed by atoms with Gasteiger partial charge in [-0.25, -0.2) is 4.79 Å². The van der Waals surface area contributed by atoms with E-state index in [9.17, 15) is 4.79 Å². The molecular formula is C21H28N4O3. The number of benzene rings is 1. The Bertz CT molecular complexity index is 739. The smallest absolute Gasteiger partial charge is 0.319 e. The summed E-state index contributed by atoms with van der Waals surface area (Å²) in [6.45, 7) is 4.76. The van der Waals surface area contributed by atoms with Gasteiger partial charge in [-0.2, -0.15) is 0 Å². The number of anilines is 1. The van der Waals surface area contributed by atoms with Crippen LogP contribution in [0.5, 0.6) is 5.75 Å². The third-order valence-electron chi connectivity index (χ3n) is 4.61. The molecule has 7 heteroatoms. The second-order valence-corrected chi connectivity index (χ2v) is 6.86. The zero-order valence-corrected chi connectivity index (χ0v) is 16.4. The molecule has 150 valence electrons. The minimum atomic E-state index is -0.228. The zero-order chi connectivity index (χ0) is 19.8. The Morgan fingerprint density at radius 1 is 1.21 bits per heavy atom. The molecule has 1 aromatic carbocycles. The van der Waals surface area contributed by atoms with Crippen LogP contribution in [0.4, 0.5) is 10.5 Å². The number of hydrogen-bond acceptors (Lipinski definition) is 5. The molecule has 0 bridgehead atoms. The van der Waals surface area contributed by atoms with E-state index in [0.29, 0.717) is 18.9 Å². The fraction of sp³-hybridized carbons (Fsp3) is 0.429. The molecule has 2 amide bonds. The molecule has 1 aliphatic heterocycles. The summed E-state index contributed by atoms with van der Waals surface area (Å²) in [6, 6.07) is 13.0. The van der Waals surface area contributed by atoms with E-state index in [1.807, 2.05) is 56.4 Å². The quantitative estimate of drug-likeness (QED) is 0.732. The summed E-state index contributed by atoms with van der Waals surface area (Å²) in [5.74, 6) is 0.760. The molecule has 0 radical (unpaired) electrons. The Hall–Kier alpha value is -2.64. The fourth-order valence-electron chi connectivity index (χ4n) is 3.27. The molecule has 1 fully saturated rings. The van der Waals surface area contributed by atoms with Crippen molar-refractivity contribution in [1.29, 1.82) is 0 Å². The summed E-state index contributed by atoms with van der Waals surface area (Å²) >= 11 is 0. The maximum absolute atomic E-state index is 12.3. The average molecular weight is 384 g/mol. The van der Waals surface area contributed by atoms with Crippen LogP contribution in [0.2, 0.25) is 0 Å². The summed E-state index contributed by atoms with van der Waals surface area (Å²) in [6.07, 6.45) is 2.55. The second kappa shape index (κ2) is 10.1. The number of urea groups is 1. The van der Waals surface area contributed by atoms with Crippen LogP contribution in [0.25, 0.3) is 0 Å². The number of carbonyl (C=O) groups excluding carboxylic acids is 1. The maximum Gasteiger partial charge on any atom is 0.319 e. The van der Waals surface area contributed by atoms with Gasteiger partial charge in [-0.05, 0) is 50.4 Å². The normalized spacial score (nSPS) is 19.4. The van der Waals surface area contributed by atoms with Gasteiger partial charge in [0.05, 0.1) is 18.8 Å². The van der Waals surface area contributed by atoms with Crippen molar-refractivity contribution in [2.24, 2.45) is 0 Å². The molecule has 1 aliphatic rings. The van der Waals surface area contributed by atoms with Crippen LogP contribution in [0.3, 0.4) is 0 Å². The van der Waals surface area contributed by atoms with Crippen molar-refractivity contribution >= 4 is 11.7 Å². The van der Waals surface area contributed by atoms with Crippen LogP contribution in [0, 0.1) is 0 Å². The van der Waals surface area contributed by atoms with Crippen LogP contribution in [0.15, 0.2) is 48.7 Å². The second-order valence-electron chi connectivity index (χ2n) is 6.86. The molecule has 0 spiro atoms. The molecule has 0 unspecified atom stereocenters. The molecule has 2 atom stereocenters. The Morgan fingerprint density at radius 2 is 2.04 bits per heavy atom. The van der Waals surface area contributed by atoms with Crippen LogP contribution in [0.1, 0.15) is 12.6 Å². The predicted octanol–water partition coefficient (Wildman–Crippen LogP) is 2.54. The molecule has 1 saturated heterocycles. The lowest BCUT2D eigenvalue weighted by atomic mass is 10.2. The Balaban J connectivity index is 1.44. The third kappa shape index (κ3) is 5.94. The van der Waals surface area contributed by atoms with Gasteiger partial charge in [0.2, 0.25) is 0 Å². The molecule has 0 saturated carbocycles. The van der Waals surface area contributed by atoms with Crippen molar-refractivity contribution in [3.63, 3.8) is 0 Å². The van der Waals surface area contributed by atoms with Gasteiger partial charge in [-0.15, -0.1) is 0 Å². The van der Waals surface area contributed by atoms with Gasteiger partial charge in [0.15, 0.2) is 0 Å². The number of nitrogens with zero attached hydrogens (tertiary/aromatic N) is 2. The number of likely N-dealkylation sites (tertiary alicyclic amines) is 1. The first-order valence-corrected chi connectivity index (χ1v) is 9.64. The molecule has 1 aromatic heterocycles. The number of ether oxygens (including phenoxy) is 2. The van der Waals surface area contributed by atoms with E-state index in [-0.39, 0.29) is 18.2 Å². The van der Waals surface area contributed by atoms with Gasteiger partial charge in [-0.1, -0.05) is 6.07 Å². The number of rotatable bonds is 8. The molecule has 3 rings (SSSR count). The Kier molecular flexibility index (Phi) is 7.22. The number of aromatic nitrogens is 1. The number of carbonyl (C=O) groups is 1. The molecular weight excluding hydrogens is 356 g/mol. The SMILES string of the molecule is CCO[C@@H]1CN(C)C[C@H]1NC(=O)Nc1ccc(OCCc2ccccn2)cc1. The molecule has 0 aliphatic carbocycles. The van der Waals surface area contributed by atoms with E-state index in [1.165, 1.54) is 0 Å². The van der Waals surface area contributed by atoms with Crippen LogP contribution < -0.4 is 15.4 Å². The summed E-state index contributed by atoms with van der Waals surface area (Å²) < 4.78 is 11.5. The van der Waals surface area contributed by atoms with E-state index in [1.54, 1.807) is 6.20 Å². The van der Waals surface area contributed by atoms with Gasteiger partial charge in [0.25, 0.3) is 0 Å². The average Bonchev–Trinajstić information content (AvgIpc) is 3.03. The van der Waals surface area contributed by atoms with Crippen LogP contribution in [-0.2, 0) is 11.2 Å². The topological polar surface area (TPSA) is 75.7 Å². The number of hydrogen-bond donors (Lipinski definition) is 2.